The zero-order valence-electron chi connectivity index (χ0n) is 39.5. The van der Waals surface area contributed by atoms with Gasteiger partial charge < -0.3 is 40.7 Å². The van der Waals surface area contributed by atoms with Gasteiger partial charge in [-0.2, -0.15) is 57.4 Å². The number of fused-ring (bicyclic) bond motifs is 1. The molecular weight excluding hydrogens is 1130 g/mol. The molecule has 1 aromatic heterocycles. The largest absolute Gasteiger partial charge is 0.490 e. The quantitative estimate of drug-likeness (QED) is 0.133. The number of carboxylic acid groups (broad SMARTS) is 4. The van der Waals surface area contributed by atoms with E-state index in [4.69, 9.17) is 73.3 Å². The van der Waals surface area contributed by atoms with Crippen LogP contribution in [-0.2, 0) is 45.4 Å². The molecule has 0 unspecified atom stereocenters. The van der Waals surface area contributed by atoms with Crippen molar-refractivity contribution in [2.24, 2.45) is 5.73 Å². The Kier molecular flexibility index (Phi) is 25.4. The zero-order valence-corrected chi connectivity index (χ0v) is 41.8. The number of halogens is 14. The second kappa shape index (κ2) is 28.4. The Hall–Kier alpha value is -6.00. The van der Waals surface area contributed by atoms with Crippen molar-refractivity contribution in [3.8, 4) is 5.75 Å². The first-order valence-corrected chi connectivity index (χ1v) is 23.2. The Morgan fingerprint density at radius 2 is 1.11 bits per heavy atom. The Morgan fingerprint density at radius 1 is 0.671 bits per heavy atom. The zero-order chi connectivity index (χ0) is 58.9. The first kappa shape index (κ1) is 68.0. The summed E-state index contributed by atoms with van der Waals surface area (Å²) in [6, 6.07) is 12.1. The molecule has 76 heavy (non-hydrogen) atoms. The number of nitrogens with two attached hydrogens (primary N) is 1. The van der Waals surface area contributed by atoms with Crippen LogP contribution in [0, 0.1) is 6.92 Å². The standard InChI is InChI=1S/C33H43Cl2N7O5S.4C2HF3O2/c1-23-7-8-24-5-4-6-27(31(24)37-23)47-22-25-26(34)9-10-28(30(25)35)48(45,46)38-33(2,3)32(44)42-19-17-41(18-20-42)29(43)21-40-15-13-39(12-11-36)14-16-40;4*3-2(4,5)1(6)7/h4-10,38H,11-22,36H2,1-3H3;4*(H,6,7). The lowest BCUT2D eigenvalue weighted by atomic mass is 10.0. The molecule has 3 aromatic rings. The van der Waals surface area contributed by atoms with Gasteiger partial charge in [0.05, 0.1) is 11.6 Å². The van der Waals surface area contributed by atoms with Crippen LogP contribution in [0.5, 0.6) is 5.75 Å². The Bertz CT molecular complexity index is 2520. The number of nitrogens with one attached hydrogen (secondary N) is 1. The summed E-state index contributed by atoms with van der Waals surface area (Å²) in [4.78, 5) is 74.3. The third kappa shape index (κ3) is 22.7. The summed E-state index contributed by atoms with van der Waals surface area (Å²) in [7, 11) is -4.28. The fourth-order valence-corrected chi connectivity index (χ4v) is 8.29. The van der Waals surface area contributed by atoms with E-state index in [1.807, 2.05) is 31.2 Å². The molecule has 2 aliphatic heterocycles. The van der Waals surface area contributed by atoms with Crippen molar-refractivity contribution in [2.45, 2.75) is 62.5 Å². The van der Waals surface area contributed by atoms with Crippen LogP contribution in [0.15, 0.2) is 47.4 Å². The fourth-order valence-electron chi connectivity index (χ4n) is 6.03. The number of nitrogens with zero attached hydrogens (tertiary/aromatic N) is 5. The number of ether oxygens (including phenoxy) is 1. The molecule has 2 aromatic carbocycles. The van der Waals surface area contributed by atoms with Crippen molar-refractivity contribution in [1.82, 2.24) is 29.3 Å². The van der Waals surface area contributed by atoms with Crippen LogP contribution >= 0.6 is 23.2 Å². The van der Waals surface area contributed by atoms with Crippen LogP contribution in [0.1, 0.15) is 25.1 Å². The molecule has 0 aliphatic carbocycles. The number of alkyl halides is 12. The maximum atomic E-state index is 13.7. The molecule has 5 rings (SSSR count). The number of amides is 2. The molecule has 0 saturated carbocycles. The van der Waals surface area contributed by atoms with Crippen molar-refractivity contribution >= 4 is 79.8 Å². The van der Waals surface area contributed by atoms with Gasteiger partial charge in [0, 0.05) is 87.1 Å². The van der Waals surface area contributed by atoms with Gasteiger partial charge >= 0.3 is 48.6 Å². The number of para-hydroxylation sites is 1. The summed E-state index contributed by atoms with van der Waals surface area (Å²) in [6.45, 7) is 11.4. The molecule has 2 amide bonds. The van der Waals surface area contributed by atoms with Gasteiger partial charge in [-0.05, 0) is 45.0 Å². The summed E-state index contributed by atoms with van der Waals surface area (Å²) in [5.41, 5.74) is 5.93. The summed E-state index contributed by atoms with van der Waals surface area (Å²) >= 11 is 13.1. The summed E-state index contributed by atoms with van der Waals surface area (Å²) in [5.74, 6) is -10.9. The molecular formula is C41H47Cl2F12N7O13S. The number of hydrogen-bond donors (Lipinski definition) is 6. The summed E-state index contributed by atoms with van der Waals surface area (Å²) in [5, 5.41) is 29.5. The van der Waals surface area contributed by atoms with Crippen molar-refractivity contribution in [3.05, 3.63) is 63.8 Å². The maximum Gasteiger partial charge on any atom is 0.490 e. The molecule has 0 radical (unpaired) electrons. The predicted octanol–water partition coefficient (Wildman–Crippen LogP) is 5.27. The molecule has 2 saturated heterocycles. The number of rotatable bonds is 11. The monoisotopic (exact) mass is 1180 g/mol. The van der Waals surface area contributed by atoms with Crippen LogP contribution < -0.4 is 15.2 Å². The normalized spacial score (nSPS) is 14.8. The predicted molar refractivity (Wildman–Crippen MR) is 242 cm³/mol. The Balaban J connectivity index is 0.000000838. The molecule has 35 heteroatoms. The number of piperazine rings is 2. The van der Waals surface area contributed by atoms with Gasteiger partial charge in [0.2, 0.25) is 21.8 Å². The smallest absolute Gasteiger partial charge is 0.487 e. The average molecular weight is 1180 g/mol. The van der Waals surface area contributed by atoms with E-state index in [1.54, 1.807) is 15.9 Å². The number of carbonyl (C=O) groups excluding carboxylic acids is 2. The highest BCUT2D eigenvalue weighted by Gasteiger charge is 2.41. The minimum atomic E-state index is -5.08. The lowest BCUT2D eigenvalue weighted by Gasteiger charge is -2.40. The van der Waals surface area contributed by atoms with Crippen molar-refractivity contribution in [1.29, 1.82) is 0 Å². The highest BCUT2D eigenvalue weighted by atomic mass is 35.5. The highest BCUT2D eigenvalue weighted by molar-refractivity contribution is 7.89. The fraction of sp³-hybridized carbons (Fsp3) is 0.488. The number of aliphatic carboxylic acids is 4. The second-order valence-corrected chi connectivity index (χ2v) is 18.4. The van der Waals surface area contributed by atoms with Crippen LogP contribution in [0.3, 0.4) is 0 Å². The molecule has 0 bridgehead atoms. The van der Waals surface area contributed by atoms with E-state index in [0.29, 0.717) is 50.5 Å². The number of pyridine rings is 1. The topological polar surface area (TPSA) is 291 Å². The van der Waals surface area contributed by atoms with Crippen molar-refractivity contribution in [2.75, 3.05) is 72.0 Å². The molecule has 3 heterocycles. The molecule has 7 N–H and O–H groups in total. The first-order valence-electron chi connectivity index (χ1n) is 21.0. The van der Waals surface area contributed by atoms with Crippen molar-refractivity contribution in [3.63, 3.8) is 0 Å². The molecule has 0 atom stereocenters. The highest BCUT2D eigenvalue weighted by Crippen LogP contribution is 2.34. The Morgan fingerprint density at radius 3 is 1.54 bits per heavy atom. The van der Waals surface area contributed by atoms with Gasteiger partial charge in [0.15, 0.2) is 0 Å². The van der Waals surface area contributed by atoms with Crippen LogP contribution in [-0.4, -0.2) is 191 Å². The van der Waals surface area contributed by atoms with Crippen LogP contribution in [0.4, 0.5) is 52.7 Å². The molecule has 428 valence electrons. The van der Waals surface area contributed by atoms with Crippen molar-refractivity contribution < 1.29 is 115 Å². The van der Waals surface area contributed by atoms with E-state index in [2.05, 4.69) is 19.5 Å². The van der Waals surface area contributed by atoms with Crippen LogP contribution in [0.25, 0.3) is 10.9 Å². The Labute approximate surface area is 432 Å². The van der Waals surface area contributed by atoms with Gasteiger partial charge in [0.1, 0.15) is 28.3 Å². The molecule has 20 nitrogen and oxygen atoms in total. The number of carboxylic acids is 4. The number of aryl methyl sites for hydroxylation is 1. The molecule has 0 spiro atoms. The van der Waals surface area contributed by atoms with Gasteiger partial charge in [-0.25, -0.2) is 32.6 Å². The number of aromatic nitrogens is 1. The van der Waals surface area contributed by atoms with E-state index >= 15 is 0 Å². The maximum absolute atomic E-state index is 13.7. The van der Waals surface area contributed by atoms with Gasteiger partial charge in [0.25, 0.3) is 0 Å². The second-order valence-electron chi connectivity index (χ2n) is 15.9. The summed E-state index contributed by atoms with van der Waals surface area (Å²) < 4.78 is 163. The molecule has 2 fully saturated rings. The van der Waals surface area contributed by atoms with E-state index < -0.39 is 70.1 Å². The lowest BCUT2D eigenvalue weighted by Crippen LogP contribution is -2.60. The third-order valence-corrected chi connectivity index (χ3v) is 12.3. The van der Waals surface area contributed by atoms with E-state index in [-0.39, 0.29) is 33.0 Å². The van der Waals surface area contributed by atoms with Gasteiger partial charge in [-0.15, -0.1) is 0 Å². The number of carbonyl (C=O) groups is 6. The van der Waals surface area contributed by atoms with E-state index in [1.165, 1.54) is 26.0 Å². The lowest BCUT2D eigenvalue weighted by molar-refractivity contribution is -0.193. The number of sulfonamides is 1. The van der Waals surface area contributed by atoms with E-state index in [0.717, 1.165) is 43.8 Å². The SMILES string of the molecule is Cc1ccc2cccc(OCc3c(Cl)ccc(S(=O)(=O)NC(C)(C)C(=O)N4CCN(C(=O)CN5CCN(CCN)CC5)CC4)c3Cl)c2n1.O=C(O)C(F)(F)F.O=C(O)C(F)(F)F.O=C(O)C(F)(F)F.O=C(O)C(F)(F)F. The average Bonchev–Trinajstić information content (AvgIpc) is 3.28. The first-order chi connectivity index (χ1) is 34.6. The summed E-state index contributed by atoms with van der Waals surface area (Å²) in [6.07, 6.45) is -20.3. The number of hydrogen-bond acceptors (Lipinski definition) is 13. The van der Waals surface area contributed by atoms with Gasteiger partial charge in [-0.1, -0.05) is 41.4 Å². The minimum Gasteiger partial charge on any atom is -0.487 e. The van der Waals surface area contributed by atoms with Gasteiger partial charge in [-0.3, -0.25) is 19.4 Å². The molecule has 2 aliphatic rings. The van der Waals surface area contributed by atoms with Crippen LogP contribution in [0.2, 0.25) is 10.0 Å². The number of benzene rings is 2. The minimum absolute atomic E-state index is 0.0262. The third-order valence-electron chi connectivity index (χ3n) is 9.72. The van der Waals surface area contributed by atoms with E-state index in [9.17, 15) is 70.7 Å².